The molecule has 7 rings (SSSR count). The molecular weight excluding hydrogens is 806 g/mol. The molecule has 57 heavy (non-hydrogen) atoms. The first kappa shape index (κ1) is 41.0. The molecular formula is C53H57ClN2Pd+. The Balaban J connectivity index is 1.63. The number of halogens is 1. The van der Waals surface area contributed by atoms with E-state index in [-0.39, 0.29) is 0 Å². The second-order valence-corrected chi connectivity index (χ2v) is 17.3. The van der Waals surface area contributed by atoms with Crippen LogP contribution in [-0.4, -0.2) is 14.6 Å². The van der Waals surface area contributed by atoms with Crippen molar-refractivity contribution in [1.82, 2.24) is 0 Å². The van der Waals surface area contributed by atoms with Crippen molar-refractivity contribution in [1.29, 1.82) is 0 Å². The molecule has 0 aliphatic heterocycles. The van der Waals surface area contributed by atoms with Crippen LogP contribution in [0.1, 0.15) is 115 Å². The van der Waals surface area contributed by atoms with Crippen LogP contribution in [0.2, 0.25) is 5.02 Å². The summed E-state index contributed by atoms with van der Waals surface area (Å²) in [5, 5.41) is 3.10. The second kappa shape index (κ2) is 17.4. The predicted molar refractivity (Wildman–Crippen MR) is 243 cm³/mol. The van der Waals surface area contributed by atoms with Gasteiger partial charge in [0.2, 0.25) is 0 Å². The maximum absolute atomic E-state index is 7.15. The third kappa shape index (κ3) is 7.65. The summed E-state index contributed by atoms with van der Waals surface area (Å²) in [6, 6.07) is 32.0. The van der Waals surface area contributed by atoms with Crippen molar-refractivity contribution < 1.29 is 22.7 Å². The summed E-state index contributed by atoms with van der Waals surface area (Å²) in [5.41, 5.74) is 23.3. The van der Waals surface area contributed by atoms with E-state index in [2.05, 4.69) is 170 Å². The Kier molecular flexibility index (Phi) is 12.5. The van der Waals surface area contributed by atoms with Crippen LogP contribution < -0.4 is 0 Å². The van der Waals surface area contributed by atoms with Gasteiger partial charge in [-0.3, -0.25) is 0 Å². The molecule has 0 atom stereocenters. The van der Waals surface area contributed by atoms with Gasteiger partial charge in [-0.25, -0.2) is 0 Å². The average molecular weight is 864 g/mol. The zero-order valence-corrected chi connectivity index (χ0v) is 37.6. The minimum absolute atomic E-state index is 0.761. The van der Waals surface area contributed by atoms with Crippen LogP contribution in [0, 0.1) is 34.6 Å². The molecule has 0 spiro atoms. The zero-order valence-electron chi connectivity index (χ0n) is 35.3. The van der Waals surface area contributed by atoms with Crippen LogP contribution in [0.5, 0.6) is 0 Å². The molecule has 1 aliphatic carbocycles. The summed E-state index contributed by atoms with van der Waals surface area (Å²) in [4.78, 5) is 5.95. The van der Waals surface area contributed by atoms with Crippen LogP contribution >= 0.6 is 11.6 Å². The number of hydrogen-bond acceptors (Lipinski definition) is 1. The fourth-order valence-corrected chi connectivity index (χ4v) is 10.4. The number of nitrogens with zero attached hydrogens (tertiary/aromatic N) is 2. The average Bonchev–Trinajstić information content (AvgIpc) is 3.50. The van der Waals surface area contributed by atoms with E-state index < -0.39 is 0 Å². The van der Waals surface area contributed by atoms with E-state index in [4.69, 9.17) is 16.6 Å². The van der Waals surface area contributed by atoms with Crippen LogP contribution in [0.25, 0.3) is 33.0 Å². The van der Waals surface area contributed by atoms with Crippen molar-refractivity contribution in [2.45, 2.75) is 114 Å². The quantitative estimate of drug-likeness (QED) is 0.109. The topological polar surface area (TPSA) is 15.4 Å². The fraction of sp³-hybridized carbons (Fsp3) is 0.321. The Morgan fingerprint density at radius 3 is 1.60 bits per heavy atom. The first-order chi connectivity index (χ1) is 27.5. The molecule has 0 fully saturated rings. The number of aliphatic imine (C=N–C) groups is 1. The van der Waals surface area contributed by atoms with Gasteiger partial charge >= 0.3 is 360 Å². The van der Waals surface area contributed by atoms with E-state index in [1.807, 2.05) is 0 Å². The van der Waals surface area contributed by atoms with E-state index >= 15 is 0 Å². The Bertz CT molecular complexity index is 2540. The summed E-state index contributed by atoms with van der Waals surface area (Å²) < 4.78 is 2.32. The second-order valence-electron chi connectivity index (χ2n) is 16.2. The van der Waals surface area contributed by atoms with Crippen LogP contribution in [0.3, 0.4) is 0 Å². The minimum atomic E-state index is 0.761. The van der Waals surface area contributed by atoms with Gasteiger partial charge < -0.3 is 0 Å². The van der Waals surface area contributed by atoms with E-state index in [0.29, 0.717) is 0 Å². The molecule has 0 saturated carbocycles. The molecule has 6 aromatic rings. The summed E-state index contributed by atoms with van der Waals surface area (Å²) in [7, 11) is 0. The molecule has 0 N–H and O–H groups in total. The van der Waals surface area contributed by atoms with Gasteiger partial charge in [-0.2, -0.15) is 0 Å². The van der Waals surface area contributed by atoms with Crippen LogP contribution in [0.15, 0.2) is 89.9 Å². The van der Waals surface area contributed by atoms with Gasteiger partial charge in [0, 0.05) is 0 Å². The van der Waals surface area contributed by atoms with E-state index in [9.17, 15) is 0 Å². The molecule has 0 amide bonds. The summed E-state index contributed by atoms with van der Waals surface area (Å²) >= 11 is 11.1. The standard InChI is InChI=1S/C53H57ClN2.Pd/c1-10-17-37-21-14-22-38(18-11-2)47(37)43-29-32(5)27-34(7)50(43)55-52-42-26-16-25-41-31-45(54)36(9)46(49(41)42)53(52)56-51-35(8)28-33(6)30-44(51)48-39(19-12-3)23-15-24-40(48)20-13-4;/h14-16,21-31H,10-13,17-20H2,1-9H3;/q;+1. The van der Waals surface area contributed by atoms with Crippen molar-refractivity contribution in [2.24, 2.45) is 4.99 Å². The maximum atomic E-state index is 7.15. The predicted octanol–water partition coefficient (Wildman–Crippen LogP) is 14.9. The molecule has 4 heteroatoms. The van der Waals surface area contributed by atoms with Gasteiger partial charge in [-0.05, 0) is 0 Å². The first-order valence-electron chi connectivity index (χ1n) is 21.1. The SMILES string of the molecule is CCCc1cccc(CCC)c1-c1cc(C)cc(C)c1N=C1C(=[N+]([Pd])c2c(C)cc(C)cc2-c2c(CCC)cccc2CCC)c2cccc3cc(Cl)c(C)c1c23. The first-order valence-corrected chi connectivity index (χ1v) is 22.2. The third-order valence-corrected chi connectivity index (χ3v) is 12.7. The van der Waals surface area contributed by atoms with Crippen molar-refractivity contribution in [2.75, 3.05) is 0 Å². The molecule has 0 saturated heterocycles. The Labute approximate surface area is 357 Å². The molecule has 2 nitrogen and oxygen atoms in total. The molecule has 0 aromatic heterocycles. The Morgan fingerprint density at radius 1 is 0.561 bits per heavy atom. The van der Waals surface area contributed by atoms with Crippen molar-refractivity contribution in [3.05, 3.63) is 151 Å². The molecule has 0 bridgehead atoms. The Hall–Kier alpha value is -4.13. The van der Waals surface area contributed by atoms with Crippen LogP contribution in [-0.2, 0) is 45.1 Å². The van der Waals surface area contributed by atoms with Gasteiger partial charge in [-0.1, -0.05) is 0 Å². The van der Waals surface area contributed by atoms with Gasteiger partial charge in [0.15, 0.2) is 0 Å². The normalized spacial score (nSPS) is 14.0. The number of hydrogen-bond donors (Lipinski definition) is 0. The fourth-order valence-electron chi connectivity index (χ4n) is 9.38. The Morgan fingerprint density at radius 2 is 1.05 bits per heavy atom. The summed E-state index contributed by atoms with van der Waals surface area (Å²) in [6.07, 6.45) is 8.48. The number of benzene rings is 6. The van der Waals surface area contributed by atoms with E-state index in [0.717, 1.165) is 90.0 Å². The van der Waals surface area contributed by atoms with Gasteiger partial charge in [-0.15, -0.1) is 0 Å². The molecule has 295 valence electrons. The summed E-state index contributed by atoms with van der Waals surface area (Å²) in [5.74, 6) is 0. The van der Waals surface area contributed by atoms with Crippen molar-refractivity contribution in [3.63, 3.8) is 0 Å². The third-order valence-electron chi connectivity index (χ3n) is 11.6. The van der Waals surface area contributed by atoms with E-state index in [1.54, 1.807) is 0 Å². The molecule has 0 radical (unpaired) electrons. The van der Waals surface area contributed by atoms with Gasteiger partial charge in [0.25, 0.3) is 0 Å². The zero-order chi connectivity index (χ0) is 40.5. The monoisotopic (exact) mass is 862 g/mol. The number of aryl methyl sites for hydroxylation is 8. The number of rotatable bonds is 12. The molecule has 1 aliphatic rings. The van der Waals surface area contributed by atoms with E-state index in [1.165, 1.54) is 83.4 Å². The molecule has 0 unspecified atom stereocenters. The van der Waals surface area contributed by atoms with Crippen molar-refractivity contribution >= 4 is 45.2 Å². The van der Waals surface area contributed by atoms with Gasteiger partial charge in [0.1, 0.15) is 0 Å². The van der Waals surface area contributed by atoms with Crippen LogP contribution in [0.4, 0.5) is 11.4 Å². The molecule has 0 heterocycles. The summed E-state index contributed by atoms with van der Waals surface area (Å²) in [6.45, 7) is 20.2. The van der Waals surface area contributed by atoms with Crippen molar-refractivity contribution in [3.8, 4) is 22.3 Å². The van der Waals surface area contributed by atoms with Gasteiger partial charge in [0.05, 0.1) is 0 Å². The molecule has 6 aromatic carbocycles.